The molecule has 0 fully saturated rings. The van der Waals surface area contributed by atoms with Crippen LogP contribution in [0.15, 0.2) is 53.0 Å². The maximum Gasteiger partial charge on any atom is 0.240 e. The molecule has 0 aromatic heterocycles. The molecule has 0 bridgehead atoms. The Balaban J connectivity index is 2.07. The van der Waals surface area contributed by atoms with Crippen molar-refractivity contribution in [2.75, 3.05) is 5.32 Å². The zero-order valence-electron chi connectivity index (χ0n) is 15.7. The molecule has 5 nitrogen and oxygen atoms in total. The molecular formula is C20H28N2O3S. The fourth-order valence-electron chi connectivity index (χ4n) is 2.89. The Morgan fingerprint density at radius 1 is 1.15 bits per heavy atom. The first-order valence-electron chi connectivity index (χ1n) is 9.16. The molecule has 6 heteroatoms. The van der Waals surface area contributed by atoms with Crippen molar-refractivity contribution >= 4 is 21.6 Å². The van der Waals surface area contributed by atoms with Gasteiger partial charge in [-0.1, -0.05) is 37.6 Å². The van der Waals surface area contributed by atoms with Gasteiger partial charge < -0.3 is 5.32 Å². The molecule has 0 heterocycles. The largest absolute Gasteiger partial charge is 0.326 e. The van der Waals surface area contributed by atoms with E-state index in [-0.39, 0.29) is 22.8 Å². The Kier molecular flexibility index (Phi) is 7.17. The van der Waals surface area contributed by atoms with Crippen LogP contribution in [0.2, 0.25) is 0 Å². The van der Waals surface area contributed by atoms with E-state index >= 15 is 0 Å². The number of allylic oxidation sites excluding steroid dienone is 3. The van der Waals surface area contributed by atoms with E-state index in [0.717, 1.165) is 31.3 Å². The number of nitrogens with one attached hydrogen (secondary N) is 2. The fraction of sp³-hybridized carbons (Fsp3) is 0.450. The van der Waals surface area contributed by atoms with Crippen LogP contribution >= 0.6 is 0 Å². The van der Waals surface area contributed by atoms with Gasteiger partial charge in [-0.25, -0.2) is 13.1 Å². The van der Waals surface area contributed by atoms with Gasteiger partial charge in [0.2, 0.25) is 15.9 Å². The third-order valence-electron chi connectivity index (χ3n) is 4.62. The van der Waals surface area contributed by atoms with E-state index in [1.807, 2.05) is 32.9 Å². The zero-order chi connectivity index (χ0) is 19.2. The number of amides is 1. The summed E-state index contributed by atoms with van der Waals surface area (Å²) >= 11 is 0. The highest BCUT2D eigenvalue weighted by atomic mass is 32.2. The Bertz CT molecular complexity index is 780. The molecule has 0 aliphatic heterocycles. The van der Waals surface area contributed by atoms with E-state index in [0.29, 0.717) is 5.69 Å². The van der Waals surface area contributed by atoms with Crippen molar-refractivity contribution in [1.29, 1.82) is 0 Å². The highest BCUT2D eigenvalue weighted by Gasteiger charge is 2.22. The number of rotatable bonds is 8. The lowest BCUT2D eigenvalue weighted by Gasteiger charge is -2.20. The molecule has 2 N–H and O–H groups in total. The number of benzene rings is 1. The average molecular weight is 377 g/mol. The average Bonchev–Trinajstić information content (AvgIpc) is 2.63. The van der Waals surface area contributed by atoms with Gasteiger partial charge >= 0.3 is 0 Å². The maximum absolute atomic E-state index is 12.6. The molecule has 26 heavy (non-hydrogen) atoms. The molecule has 0 saturated carbocycles. The minimum atomic E-state index is -3.53. The van der Waals surface area contributed by atoms with E-state index in [2.05, 4.69) is 16.1 Å². The van der Waals surface area contributed by atoms with E-state index in [1.54, 1.807) is 12.1 Å². The summed E-state index contributed by atoms with van der Waals surface area (Å²) in [6, 6.07) is 6.17. The quantitative estimate of drug-likeness (QED) is 0.720. The summed E-state index contributed by atoms with van der Waals surface area (Å²) in [6.45, 7) is 5.75. The lowest BCUT2D eigenvalue weighted by atomic mass is 9.89. The van der Waals surface area contributed by atoms with Crippen molar-refractivity contribution in [3.63, 3.8) is 0 Å². The number of sulfonamides is 1. The highest BCUT2D eigenvalue weighted by molar-refractivity contribution is 7.89. The van der Waals surface area contributed by atoms with Gasteiger partial charge in [0.1, 0.15) is 0 Å². The number of anilines is 1. The van der Waals surface area contributed by atoms with Crippen molar-refractivity contribution in [2.24, 2.45) is 5.92 Å². The molecule has 1 amide bonds. The molecule has 1 aromatic carbocycles. The second-order valence-corrected chi connectivity index (χ2v) is 8.33. The van der Waals surface area contributed by atoms with Crippen LogP contribution in [0.1, 0.15) is 46.5 Å². The van der Waals surface area contributed by atoms with E-state index in [1.165, 1.54) is 12.1 Å². The van der Waals surface area contributed by atoms with Gasteiger partial charge in [-0.3, -0.25) is 4.79 Å². The first kappa shape index (κ1) is 20.4. The van der Waals surface area contributed by atoms with E-state index < -0.39 is 10.0 Å². The van der Waals surface area contributed by atoms with Gasteiger partial charge in [0, 0.05) is 11.7 Å². The summed E-state index contributed by atoms with van der Waals surface area (Å²) in [6.07, 6.45) is 9.44. The molecule has 0 radical (unpaired) electrons. The molecule has 142 valence electrons. The monoisotopic (exact) mass is 376 g/mol. The van der Waals surface area contributed by atoms with Crippen LogP contribution < -0.4 is 10.0 Å². The first-order chi connectivity index (χ1) is 12.4. The predicted molar refractivity (Wildman–Crippen MR) is 105 cm³/mol. The smallest absolute Gasteiger partial charge is 0.240 e. The fourth-order valence-corrected chi connectivity index (χ4v) is 4.22. The van der Waals surface area contributed by atoms with Crippen LogP contribution in [-0.4, -0.2) is 20.4 Å². The Hall–Kier alpha value is -1.92. The normalized spacial score (nSPS) is 16.7. The summed E-state index contributed by atoms with van der Waals surface area (Å²) in [7, 11) is -3.53. The second kappa shape index (κ2) is 9.14. The van der Waals surface area contributed by atoms with Gasteiger partial charge in [-0.2, -0.15) is 0 Å². The number of hydrogen-bond acceptors (Lipinski definition) is 3. The topological polar surface area (TPSA) is 75.3 Å². The zero-order valence-corrected chi connectivity index (χ0v) is 16.5. The summed E-state index contributed by atoms with van der Waals surface area (Å²) in [4.78, 5) is 12.8. The second-order valence-electron chi connectivity index (χ2n) is 6.61. The maximum atomic E-state index is 12.6. The van der Waals surface area contributed by atoms with Crippen LogP contribution in [-0.2, 0) is 14.8 Å². The van der Waals surface area contributed by atoms with Gasteiger partial charge in [0.15, 0.2) is 0 Å². The molecule has 2 atom stereocenters. The number of hydrogen-bond donors (Lipinski definition) is 2. The van der Waals surface area contributed by atoms with Crippen LogP contribution in [0.25, 0.3) is 0 Å². The first-order valence-corrected chi connectivity index (χ1v) is 10.6. The Morgan fingerprint density at radius 3 is 2.38 bits per heavy atom. The lowest BCUT2D eigenvalue weighted by Crippen LogP contribution is -2.32. The molecule has 1 aliphatic rings. The molecule has 0 saturated heterocycles. The van der Waals surface area contributed by atoms with Crippen molar-refractivity contribution in [3.05, 3.63) is 48.1 Å². The third-order valence-corrected chi connectivity index (χ3v) is 6.22. The number of carbonyl (C=O) groups excluding carboxylic acids is 1. The van der Waals surface area contributed by atoms with E-state index in [9.17, 15) is 13.2 Å². The van der Waals surface area contributed by atoms with Crippen molar-refractivity contribution < 1.29 is 13.2 Å². The molecule has 1 aliphatic carbocycles. The molecule has 2 unspecified atom stereocenters. The minimum absolute atomic E-state index is 0.0533. The highest BCUT2D eigenvalue weighted by Crippen LogP contribution is 2.25. The molecule has 1 aromatic rings. The van der Waals surface area contributed by atoms with Crippen LogP contribution in [0.3, 0.4) is 0 Å². The lowest BCUT2D eigenvalue weighted by molar-refractivity contribution is -0.118. The van der Waals surface area contributed by atoms with E-state index in [4.69, 9.17) is 0 Å². The third kappa shape index (κ3) is 5.29. The molecular weight excluding hydrogens is 348 g/mol. The van der Waals surface area contributed by atoms with Gasteiger partial charge in [-0.15, -0.1) is 0 Å². The standard InChI is InChI=1S/C20H28N2O3S/c1-4-15(3)22-26(24,25)18-13-11-17(12-14-18)21-20(23)19(5-2)16-9-7-6-8-10-16/h6-7,9,11-15,19,22H,4-5,8,10H2,1-3H3,(H,21,23). The van der Waals surface area contributed by atoms with Crippen LogP contribution in [0.5, 0.6) is 0 Å². The Labute approximate surface area is 156 Å². The molecule has 0 spiro atoms. The summed E-state index contributed by atoms with van der Waals surface area (Å²) < 4.78 is 27.2. The summed E-state index contributed by atoms with van der Waals surface area (Å²) in [5, 5.41) is 2.90. The minimum Gasteiger partial charge on any atom is -0.326 e. The van der Waals surface area contributed by atoms with Gasteiger partial charge in [0.25, 0.3) is 0 Å². The summed E-state index contributed by atoms with van der Waals surface area (Å²) in [5.41, 5.74) is 1.74. The van der Waals surface area contributed by atoms with Crippen molar-refractivity contribution in [2.45, 2.75) is 57.4 Å². The van der Waals surface area contributed by atoms with Crippen LogP contribution in [0.4, 0.5) is 5.69 Å². The van der Waals surface area contributed by atoms with Crippen LogP contribution in [0, 0.1) is 5.92 Å². The SMILES string of the molecule is CCC(C)NS(=O)(=O)c1ccc(NC(=O)C(CC)C2=CC=CCC2)cc1. The van der Waals surface area contributed by atoms with Gasteiger partial charge in [-0.05, 0) is 56.9 Å². The van der Waals surface area contributed by atoms with Crippen molar-refractivity contribution in [1.82, 2.24) is 4.72 Å². The molecule has 2 rings (SSSR count). The van der Waals surface area contributed by atoms with Gasteiger partial charge in [0.05, 0.1) is 10.8 Å². The number of carbonyl (C=O) groups is 1. The summed E-state index contributed by atoms with van der Waals surface area (Å²) in [5.74, 6) is -0.210. The Morgan fingerprint density at radius 2 is 1.85 bits per heavy atom. The van der Waals surface area contributed by atoms with Crippen molar-refractivity contribution in [3.8, 4) is 0 Å². The predicted octanol–water partition coefficient (Wildman–Crippen LogP) is 4.00.